The fourth-order valence-corrected chi connectivity index (χ4v) is 0.676. The third kappa shape index (κ3) is 1.94. The second-order valence-electron chi connectivity index (χ2n) is 1.88. The highest BCUT2D eigenvalue weighted by Crippen LogP contribution is 1.99. The van der Waals surface area contributed by atoms with Gasteiger partial charge in [-0.1, -0.05) is 30.3 Å². The van der Waals surface area contributed by atoms with Crippen LogP contribution in [0.2, 0.25) is 0 Å². The van der Waals surface area contributed by atoms with Crippen LogP contribution in [0.5, 0.6) is 0 Å². The highest BCUT2D eigenvalue weighted by atomic mass is 16.5. The summed E-state index contributed by atoms with van der Waals surface area (Å²) in [6.45, 7) is 0. The van der Waals surface area contributed by atoms with Crippen LogP contribution in [0, 0.1) is 0 Å². The lowest BCUT2D eigenvalue weighted by Gasteiger charge is -1.89. The summed E-state index contributed by atoms with van der Waals surface area (Å²) < 4.78 is 11.9. The second kappa shape index (κ2) is 3.72. The summed E-state index contributed by atoms with van der Waals surface area (Å²) in [6.07, 6.45) is 1.84. The first-order valence-electron chi connectivity index (χ1n) is 3.60. The summed E-state index contributed by atoms with van der Waals surface area (Å²) in [5, 5.41) is 0. The maximum atomic E-state index is 7.20. The molecule has 1 aromatic carbocycles. The molecule has 1 rings (SSSR count). The molecule has 0 bridgehead atoms. The average Bonchev–Trinajstić information content (AvgIpc) is 2.06. The number of hydrogen-bond acceptors (Lipinski definition) is 1. The smallest absolute Gasteiger partial charge is 0.104 e. The number of methoxy groups -OCH3 is 1. The van der Waals surface area contributed by atoms with Gasteiger partial charge in [-0.25, -0.2) is 0 Å². The summed E-state index contributed by atoms with van der Waals surface area (Å²) in [6, 6.07) is 9.64. The predicted octanol–water partition coefficient (Wildman–Crippen LogP) is 2.30. The van der Waals surface area contributed by atoms with Crippen molar-refractivity contribution < 1.29 is 6.11 Å². The molecule has 0 N–H and O–H groups in total. The normalized spacial score (nSPS) is 12.5. The molecule has 0 unspecified atom stereocenters. The topological polar surface area (TPSA) is 9.23 Å². The predicted molar refractivity (Wildman–Crippen MR) is 42.5 cm³/mol. The molecule has 1 nitrogen and oxygen atoms in total. The van der Waals surface area contributed by atoms with Crippen LogP contribution in [-0.2, 0) is 4.74 Å². The zero-order chi connectivity index (χ0) is 8.10. The van der Waals surface area contributed by atoms with E-state index in [1.54, 1.807) is 6.08 Å². The molecule has 0 aromatic heterocycles. The molecule has 0 spiro atoms. The van der Waals surface area contributed by atoms with Crippen LogP contribution in [0.25, 0.3) is 6.08 Å². The van der Waals surface area contributed by atoms with Gasteiger partial charge < -0.3 is 4.74 Å². The average molecular weight is 135 g/mol. The lowest BCUT2D eigenvalue weighted by atomic mass is 10.2. The molecule has 1 heteroatoms. The van der Waals surface area contributed by atoms with Crippen molar-refractivity contribution in [1.82, 2.24) is 0 Å². The van der Waals surface area contributed by atoms with Crippen LogP contribution in [0.15, 0.2) is 36.6 Å². The fourth-order valence-electron chi connectivity index (χ4n) is 0.676. The van der Waals surface area contributed by atoms with Gasteiger partial charge in [0.15, 0.2) is 0 Å². The van der Waals surface area contributed by atoms with Crippen molar-refractivity contribution in [2.45, 2.75) is 0 Å². The lowest BCUT2D eigenvalue weighted by Crippen LogP contribution is -1.69. The molecule has 10 heavy (non-hydrogen) atoms. The van der Waals surface area contributed by atoms with E-state index in [0.29, 0.717) is 0 Å². The Morgan fingerprint density at radius 1 is 1.40 bits per heavy atom. The summed E-state index contributed by atoms with van der Waals surface area (Å²) in [4.78, 5) is 0. The molecule has 0 fully saturated rings. The Kier molecular flexibility index (Phi) is 2.06. The highest BCUT2D eigenvalue weighted by Gasteiger charge is 1.79. The van der Waals surface area contributed by atoms with Crippen LogP contribution in [0.3, 0.4) is 0 Å². The van der Waals surface area contributed by atoms with E-state index in [9.17, 15) is 0 Å². The Morgan fingerprint density at radius 2 is 2.10 bits per heavy atom. The molecule has 0 aliphatic rings. The van der Waals surface area contributed by atoms with Gasteiger partial charge in [0.25, 0.3) is 0 Å². The van der Waals surface area contributed by atoms with Crippen LogP contribution in [-0.4, -0.2) is 7.11 Å². The Morgan fingerprint density at radius 3 is 2.70 bits per heavy atom. The monoisotopic (exact) mass is 135 g/mol. The first kappa shape index (κ1) is 5.54. The summed E-state index contributed by atoms with van der Waals surface area (Å²) >= 11 is 0. The zero-order valence-electron chi connectivity index (χ0n) is 6.87. The van der Waals surface area contributed by atoms with Crippen LogP contribution in [0.1, 0.15) is 6.93 Å². The van der Waals surface area contributed by atoms with Gasteiger partial charge >= 0.3 is 0 Å². The van der Waals surface area contributed by atoms with Crippen molar-refractivity contribution in [3.63, 3.8) is 0 Å². The highest BCUT2D eigenvalue weighted by molar-refractivity contribution is 5.47. The van der Waals surface area contributed by atoms with Gasteiger partial charge in [-0.3, -0.25) is 0 Å². The summed E-state index contributed by atoms with van der Waals surface area (Å²) in [5.41, 5.74) is 0.986. The van der Waals surface area contributed by atoms with Crippen molar-refractivity contribution >= 4 is 6.08 Å². The minimum absolute atomic E-state index is 0.177. The van der Waals surface area contributed by atoms with E-state index >= 15 is 0 Å². The minimum Gasteiger partial charge on any atom is -0.504 e. The van der Waals surface area contributed by atoms with Crippen LogP contribution in [0.4, 0.5) is 0 Å². The molecular formula is C9H10O. The number of hydrogen-bond donors (Lipinski definition) is 0. The van der Waals surface area contributed by atoms with Gasteiger partial charge in [-0.2, -0.15) is 0 Å². The first-order chi connectivity index (χ1) is 5.33. The third-order valence-corrected chi connectivity index (χ3v) is 1.14. The lowest BCUT2D eigenvalue weighted by molar-refractivity contribution is 0.341. The largest absolute Gasteiger partial charge is 0.504 e. The SMILES string of the molecule is [2H]/C(=C\c1ccccc1)OC. The quantitative estimate of drug-likeness (QED) is 0.565. The van der Waals surface area contributed by atoms with E-state index in [1.165, 1.54) is 7.11 Å². The van der Waals surface area contributed by atoms with Crippen molar-refractivity contribution in [2.75, 3.05) is 7.11 Å². The zero-order valence-corrected chi connectivity index (χ0v) is 5.87. The van der Waals surface area contributed by atoms with Gasteiger partial charge in [0.05, 0.1) is 13.3 Å². The van der Waals surface area contributed by atoms with Gasteiger partial charge in [-0.05, 0) is 11.6 Å². The molecule has 52 valence electrons. The third-order valence-electron chi connectivity index (χ3n) is 1.14. The summed E-state index contributed by atoms with van der Waals surface area (Å²) in [5.74, 6) is 0. The fraction of sp³-hybridized carbons (Fsp3) is 0.111. The molecule has 0 saturated carbocycles. The van der Waals surface area contributed by atoms with Crippen molar-refractivity contribution in [3.8, 4) is 0 Å². The van der Waals surface area contributed by atoms with Crippen molar-refractivity contribution in [1.29, 1.82) is 0 Å². The molecule has 0 atom stereocenters. The van der Waals surface area contributed by atoms with Gasteiger partial charge in [0, 0.05) is 0 Å². The Hall–Kier alpha value is -1.24. The van der Waals surface area contributed by atoms with E-state index in [0.717, 1.165) is 5.56 Å². The molecule has 0 aliphatic heterocycles. The summed E-state index contributed by atoms with van der Waals surface area (Å²) in [7, 11) is 1.49. The van der Waals surface area contributed by atoms with Crippen molar-refractivity contribution in [2.24, 2.45) is 0 Å². The molecule has 0 radical (unpaired) electrons. The van der Waals surface area contributed by atoms with Crippen LogP contribution >= 0.6 is 0 Å². The van der Waals surface area contributed by atoms with E-state index in [-0.39, 0.29) is 6.24 Å². The van der Waals surface area contributed by atoms with Gasteiger partial charge in [0.1, 0.15) is 1.37 Å². The van der Waals surface area contributed by atoms with E-state index < -0.39 is 0 Å². The number of benzene rings is 1. The molecule has 0 heterocycles. The maximum absolute atomic E-state index is 7.20. The number of ether oxygens (including phenoxy) is 1. The molecule has 0 aliphatic carbocycles. The first-order valence-corrected chi connectivity index (χ1v) is 3.10. The minimum atomic E-state index is 0.177. The molecule has 0 amide bonds. The Balaban J connectivity index is 2.79. The van der Waals surface area contributed by atoms with Gasteiger partial charge in [-0.15, -0.1) is 0 Å². The molecule has 1 aromatic rings. The molecule has 0 saturated heterocycles. The van der Waals surface area contributed by atoms with E-state index in [2.05, 4.69) is 4.74 Å². The standard InChI is InChI=1S/C9H10O/c1-10-8-7-9-5-3-2-4-6-9/h2-8H,1H3/b8-7+/i8D. The van der Waals surface area contributed by atoms with Crippen molar-refractivity contribution in [3.05, 3.63) is 42.1 Å². The van der Waals surface area contributed by atoms with E-state index in [1.807, 2.05) is 30.3 Å². The Bertz CT molecular complexity index is 241. The van der Waals surface area contributed by atoms with Gasteiger partial charge in [0.2, 0.25) is 0 Å². The number of rotatable bonds is 2. The van der Waals surface area contributed by atoms with E-state index in [4.69, 9.17) is 1.37 Å². The van der Waals surface area contributed by atoms with Crippen LogP contribution < -0.4 is 0 Å². The Labute approximate surface area is 62.4 Å². The second-order valence-corrected chi connectivity index (χ2v) is 1.88. The maximum Gasteiger partial charge on any atom is 0.104 e. The molecular weight excluding hydrogens is 124 g/mol.